The summed E-state index contributed by atoms with van der Waals surface area (Å²) in [6.45, 7) is 1.49. The number of nitrogens with zero attached hydrogens (tertiary/aromatic N) is 1. The van der Waals surface area contributed by atoms with Crippen molar-refractivity contribution in [3.8, 4) is 5.75 Å². The summed E-state index contributed by atoms with van der Waals surface area (Å²) in [6.07, 6.45) is -3.26. The van der Waals surface area contributed by atoms with Gasteiger partial charge in [-0.3, -0.25) is 14.4 Å². The fraction of sp³-hybridized carbons (Fsp3) is 0.227. The number of fused-ring (bicyclic) bond motifs is 1. The number of carbonyl (C=O) groups excluding carboxylic acids is 2. The fourth-order valence-corrected chi connectivity index (χ4v) is 3.24. The van der Waals surface area contributed by atoms with Gasteiger partial charge in [-0.25, -0.2) is 0 Å². The molecule has 0 spiro atoms. The summed E-state index contributed by atoms with van der Waals surface area (Å²) in [5, 5.41) is 3.28. The molecule has 0 aliphatic rings. The molecule has 0 aliphatic carbocycles. The first kappa shape index (κ1) is 22.9. The van der Waals surface area contributed by atoms with Gasteiger partial charge in [-0.2, -0.15) is 13.2 Å². The van der Waals surface area contributed by atoms with Gasteiger partial charge in [0.05, 0.1) is 24.8 Å². The number of anilines is 1. The second-order valence-corrected chi connectivity index (χ2v) is 7.13. The number of hydrogen-bond donors (Lipinski definition) is 2. The number of amides is 2. The molecule has 168 valence electrons. The van der Waals surface area contributed by atoms with Crippen molar-refractivity contribution in [2.75, 3.05) is 12.4 Å². The number of rotatable bonds is 6. The minimum Gasteiger partial charge on any atom is -0.495 e. The third kappa shape index (κ3) is 4.58. The molecule has 0 radical (unpaired) electrons. The van der Waals surface area contributed by atoms with E-state index in [0.29, 0.717) is 16.7 Å². The Morgan fingerprint density at radius 2 is 1.75 bits per heavy atom. The number of aromatic nitrogens is 1. The predicted octanol–water partition coefficient (Wildman–Crippen LogP) is 3.26. The summed E-state index contributed by atoms with van der Waals surface area (Å²) < 4.78 is 44.6. The zero-order valence-corrected chi connectivity index (χ0v) is 17.2. The Morgan fingerprint density at radius 3 is 2.31 bits per heavy atom. The highest BCUT2D eigenvalue weighted by molar-refractivity contribution is 6.05. The number of hydrogen-bond acceptors (Lipinski definition) is 4. The van der Waals surface area contributed by atoms with Gasteiger partial charge in [-0.1, -0.05) is 12.1 Å². The van der Waals surface area contributed by atoms with Gasteiger partial charge in [0.25, 0.3) is 5.56 Å². The normalized spacial score (nSPS) is 12.4. The van der Waals surface area contributed by atoms with E-state index in [1.807, 2.05) is 0 Å². The van der Waals surface area contributed by atoms with Gasteiger partial charge < -0.3 is 20.4 Å². The van der Waals surface area contributed by atoms with Crippen LogP contribution in [0.25, 0.3) is 10.8 Å². The number of nitrogens with two attached hydrogens (primary N) is 1. The Hall–Kier alpha value is -3.82. The highest BCUT2D eigenvalue weighted by Crippen LogP contribution is 2.33. The monoisotopic (exact) mass is 447 g/mol. The number of carbonyl (C=O) groups is 2. The van der Waals surface area contributed by atoms with E-state index >= 15 is 0 Å². The van der Waals surface area contributed by atoms with E-state index in [2.05, 4.69) is 5.32 Å². The van der Waals surface area contributed by atoms with Crippen LogP contribution in [-0.2, 0) is 22.2 Å². The molecule has 0 fully saturated rings. The standard InChI is InChI=1S/C22H20F3N3O4/c1-12(20(26)30)28-10-9-15-16(21(28)31)7-8-17(32-2)19(15)27-18(29)11-13-3-5-14(6-4-13)22(23,24)25/h3-10,12H,11H2,1-2H3,(H2,26,30)(H,27,29)/t12-/m1/s1. The molecule has 1 heterocycles. The molecule has 0 saturated heterocycles. The fourth-order valence-electron chi connectivity index (χ4n) is 3.24. The van der Waals surface area contributed by atoms with Crippen molar-refractivity contribution in [3.63, 3.8) is 0 Å². The van der Waals surface area contributed by atoms with E-state index in [4.69, 9.17) is 10.5 Å². The number of nitrogens with one attached hydrogen (secondary N) is 1. The predicted molar refractivity (Wildman–Crippen MR) is 112 cm³/mol. The molecule has 0 bridgehead atoms. The highest BCUT2D eigenvalue weighted by atomic mass is 19.4. The summed E-state index contributed by atoms with van der Waals surface area (Å²) in [4.78, 5) is 36.9. The van der Waals surface area contributed by atoms with Crippen LogP contribution in [0, 0.1) is 0 Å². The van der Waals surface area contributed by atoms with Crippen molar-refractivity contribution >= 4 is 28.3 Å². The molecule has 1 atom stereocenters. The lowest BCUT2D eigenvalue weighted by Gasteiger charge is -2.16. The lowest BCUT2D eigenvalue weighted by molar-refractivity contribution is -0.137. The number of methoxy groups -OCH3 is 1. The van der Waals surface area contributed by atoms with Gasteiger partial charge in [0.2, 0.25) is 11.8 Å². The van der Waals surface area contributed by atoms with Gasteiger partial charge in [-0.05, 0) is 42.8 Å². The Labute approximate surface area is 180 Å². The maximum Gasteiger partial charge on any atom is 0.416 e. The second kappa shape index (κ2) is 8.74. The highest BCUT2D eigenvalue weighted by Gasteiger charge is 2.30. The minimum atomic E-state index is -4.46. The van der Waals surface area contributed by atoms with Crippen LogP contribution in [0.5, 0.6) is 5.75 Å². The Morgan fingerprint density at radius 1 is 1.09 bits per heavy atom. The summed E-state index contributed by atoms with van der Waals surface area (Å²) >= 11 is 0. The van der Waals surface area contributed by atoms with Crippen LogP contribution in [0.1, 0.15) is 24.1 Å². The van der Waals surface area contributed by atoms with Crippen molar-refractivity contribution in [2.24, 2.45) is 5.73 Å². The number of alkyl halides is 3. The summed E-state index contributed by atoms with van der Waals surface area (Å²) in [5.74, 6) is -0.895. The van der Waals surface area contributed by atoms with E-state index in [-0.39, 0.29) is 17.5 Å². The zero-order chi connectivity index (χ0) is 23.6. The van der Waals surface area contributed by atoms with Gasteiger partial charge in [0.15, 0.2) is 0 Å². The summed E-state index contributed by atoms with van der Waals surface area (Å²) in [7, 11) is 1.39. The molecule has 0 aliphatic heterocycles. The average Bonchev–Trinajstić information content (AvgIpc) is 2.73. The third-order valence-corrected chi connectivity index (χ3v) is 5.03. The first-order valence-corrected chi connectivity index (χ1v) is 9.50. The smallest absolute Gasteiger partial charge is 0.416 e. The largest absolute Gasteiger partial charge is 0.495 e. The van der Waals surface area contributed by atoms with Crippen LogP contribution >= 0.6 is 0 Å². The topological polar surface area (TPSA) is 103 Å². The third-order valence-electron chi connectivity index (χ3n) is 5.03. The average molecular weight is 447 g/mol. The second-order valence-electron chi connectivity index (χ2n) is 7.13. The van der Waals surface area contributed by atoms with E-state index in [0.717, 1.165) is 12.1 Å². The first-order chi connectivity index (χ1) is 15.0. The van der Waals surface area contributed by atoms with E-state index in [1.165, 1.54) is 49.1 Å². The number of pyridine rings is 1. The van der Waals surface area contributed by atoms with E-state index < -0.39 is 35.2 Å². The Bertz CT molecular complexity index is 1230. The molecular weight excluding hydrogens is 427 g/mol. The summed E-state index contributed by atoms with van der Waals surface area (Å²) in [5.41, 5.74) is 4.62. The quantitative estimate of drug-likeness (QED) is 0.605. The molecule has 0 unspecified atom stereocenters. The zero-order valence-electron chi connectivity index (χ0n) is 17.2. The minimum absolute atomic E-state index is 0.187. The maximum atomic E-state index is 12.8. The molecule has 7 nitrogen and oxygen atoms in total. The molecule has 3 N–H and O–H groups in total. The van der Waals surface area contributed by atoms with Gasteiger partial charge in [0.1, 0.15) is 11.8 Å². The lowest BCUT2D eigenvalue weighted by Crippen LogP contribution is -2.31. The van der Waals surface area contributed by atoms with Crippen LogP contribution in [0.2, 0.25) is 0 Å². The molecule has 2 aromatic carbocycles. The number of halogens is 3. The van der Waals surface area contributed by atoms with Gasteiger partial charge >= 0.3 is 6.18 Å². The van der Waals surface area contributed by atoms with Crippen LogP contribution < -0.4 is 21.3 Å². The van der Waals surface area contributed by atoms with Crippen molar-refractivity contribution in [3.05, 3.63) is 70.1 Å². The molecule has 2 amide bonds. The molecule has 32 heavy (non-hydrogen) atoms. The number of ether oxygens (including phenoxy) is 1. The van der Waals surface area contributed by atoms with Crippen LogP contribution in [0.15, 0.2) is 53.5 Å². The van der Waals surface area contributed by atoms with Crippen molar-refractivity contribution in [1.29, 1.82) is 0 Å². The van der Waals surface area contributed by atoms with Crippen LogP contribution in [0.4, 0.5) is 18.9 Å². The Balaban J connectivity index is 1.93. The maximum absolute atomic E-state index is 12.8. The van der Waals surface area contributed by atoms with Crippen molar-refractivity contribution in [2.45, 2.75) is 25.6 Å². The molecule has 3 rings (SSSR count). The van der Waals surface area contributed by atoms with Crippen LogP contribution in [-0.4, -0.2) is 23.5 Å². The molecule has 3 aromatic rings. The lowest BCUT2D eigenvalue weighted by atomic mass is 10.1. The SMILES string of the molecule is COc1ccc2c(=O)n([C@H](C)C(N)=O)ccc2c1NC(=O)Cc1ccc(C(F)(F)F)cc1. The van der Waals surface area contributed by atoms with Crippen molar-refractivity contribution < 1.29 is 27.5 Å². The van der Waals surface area contributed by atoms with Crippen LogP contribution in [0.3, 0.4) is 0 Å². The molecule has 1 aromatic heterocycles. The summed E-state index contributed by atoms with van der Waals surface area (Å²) in [6, 6.07) is 7.95. The molecular formula is C22H20F3N3O4. The molecule has 0 saturated carbocycles. The van der Waals surface area contributed by atoms with Gasteiger partial charge in [0, 0.05) is 17.0 Å². The van der Waals surface area contributed by atoms with E-state index in [9.17, 15) is 27.6 Å². The van der Waals surface area contributed by atoms with E-state index in [1.54, 1.807) is 6.07 Å². The Kier molecular flexibility index (Phi) is 6.24. The first-order valence-electron chi connectivity index (χ1n) is 9.50. The number of benzene rings is 2. The van der Waals surface area contributed by atoms with Crippen molar-refractivity contribution in [1.82, 2.24) is 4.57 Å². The van der Waals surface area contributed by atoms with Gasteiger partial charge in [-0.15, -0.1) is 0 Å². The number of primary amides is 1. The molecule has 10 heteroatoms.